The van der Waals surface area contributed by atoms with Crippen LogP contribution in [0.2, 0.25) is 0 Å². The topological polar surface area (TPSA) is 237 Å². The summed E-state index contributed by atoms with van der Waals surface area (Å²) < 4.78 is 69.1. The molecule has 0 heterocycles. The van der Waals surface area contributed by atoms with Crippen LogP contribution in [0.15, 0.2) is 0 Å². The Hall–Kier alpha value is -1.94. The molecule has 0 aromatic rings. The highest BCUT2D eigenvalue weighted by Crippen LogP contribution is 2.45. The fraction of sp³-hybridized carbons (Fsp3) is 0.957. The van der Waals surface area contributed by atoms with Gasteiger partial charge in [-0.3, -0.25) is 37.3 Å². The molecule has 3 N–H and O–H groups in total. The summed E-state index contributed by atoms with van der Waals surface area (Å²) in [6.45, 7) is 7.43. The van der Waals surface area contributed by atoms with Gasteiger partial charge in [-0.25, -0.2) is 9.13 Å². The molecule has 2 unspecified atom stereocenters. The van der Waals surface area contributed by atoms with E-state index in [2.05, 4.69) is 34.6 Å². The lowest BCUT2D eigenvalue weighted by Gasteiger charge is -2.21. The molecule has 0 saturated carbocycles. The van der Waals surface area contributed by atoms with Gasteiger partial charge in [0, 0.05) is 25.7 Å². The average molecular weight is 1650 g/mol. The van der Waals surface area contributed by atoms with Gasteiger partial charge in [0.2, 0.25) is 0 Å². The second-order valence-corrected chi connectivity index (χ2v) is 37.1. The Morgan fingerprint density at radius 1 is 0.239 bits per heavy atom. The summed E-state index contributed by atoms with van der Waals surface area (Å²) in [5.74, 6) is -1.28. The quantitative estimate of drug-likeness (QED) is 0.0222. The first kappa shape index (κ1) is 111. The number of ether oxygens (including phenoxy) is 4. The first-order valence-corrected chi connectivity index (χ1v) is 51.6. The molecule has 19 heteroatoms. The Labute approximate surface area is 696 Å². The van der Waals surface area contributed by atoms with Crippen molar-refractivity contribution in [1.82, 2.24) is 0 Å². The maximum Gasteiger partial charge on any atom is 0.472 e. The number of phosphoric acid groups is 2. The molecular formula is C94H184O17P2. The normalized spacial score (nSPS) is 13.6. The number of aliphatic hydroxyl groups is 1. The van der Waals surface area contributed by atoms with E-state index in [1.165, 1.54) is 340 Å². The minimum atomic E-state index is -4.97. The van der Waals surface area contributed by atoms with E-state index in [1.807, 2.05) is 0 Å². The first-order valence-electron chi connectivity index (χ1n) is 48.6. The summed E-state index contributed by atoms with van der Waals surface area (Å²) >= 11 is 0. The maximum absolute atomic E-state index is 13.2. The van der Waals surface area contributed by atoms with Crippen LogP contribution in [-0.4, -0.2) is 96.7 Å². The zero-order valence-electron chi connectivity index (χ0n) is 74.5. The van der Waals surface area contributed by atoms with Crippen molar-refractivity contribution in [2.24, 2.45) is 5.92 Å². The van der Waals surface area contributed by atoms with Gasteiger partial charge in [-0.15, -0.1) is 0 Å². The van der Waals surface area contributed by atoms with Gasteiger partial charge in [-0.05, 0) is 31.6 Å². The molecule has 5 atom stereocenters. The average Bonchev–Trinajstić information content (AvgIpc) is 0.903. The maximum atomic E-state index is 13.2. The van der Waals surface area contributed by atoms with E-state index in [0.717, 1.165) is 95.8 Å². The van der Waals surface area contributed by atoms with Crippen molar-refractivity contribution < 1.29 is 80.2 Å². The highest BCUT2D eigenvalue weighted by molar-refractivity contribution is 7.47. The van der Waals surface area contributed by atoms with Crippen molar-refractivity contribution in [3.05, 3.63) is 0 Å². The third kappa shape index (κ3) is 87.7. The summed E-state index contributed by atoms with van der Waals surface area (Å²) in [6.07, 6.45) is 83.6. The molecule has 0 aliphatic rings. The Morgan fingerprint density at radius 3 is 0.602 bits per heavy atom. The summed E-state index contributed by atoms with van der Waals surface area (Å²) in [7, 11) is -9.94. The van der Waals surface area contributed by atoms with Gasteiger partial charge in [-0.2, -0.15) is 0 Å². The molecule has 0 aliphatic heterocycles. The van der Waals surface area contributed by atoms with E-state index < -0.39 is 97.5 Å². The van der Waals surface area contributed by atoms with E-state index in [0.29, 0.717) is 25.7 Å². The predicted molar refractivity (Wildman–Crippen MR) is 469 cm³/mol. The molecule has 0 bridgehead atoms. The predicted octanol–water partition coefficient (Wildman–Crippen LogP) is 29.5. The third-order valence-corrected chi connectivity index (χ3v) is 24.2. The molecular weight excluding hydrogens is 1460 g/mol. The standard InChI is InChI=1S/C94H184O17P2/c1-6-9-12-15-18-21-24-26-28-30-32-34-36-38-40-45-49-53-58-63-68-73-78-92(97)105-84-90(111-94(99)79-74-69-64-59-54-50-46-41-39-37-35-33-31-29-27-25-22-19-16-13-10-7-2)86-109-113(102,103)107-82-88(95)81-106-112(100,101)108-85-89(83-104-91(96)77-72-67-62-57-23-20-17-14-11-8-3)110-93(98)80-75-70-65-60-55-51-47-43-42-44-48-52-56-61-66-71-76-87(4)5/h87-90,95H,6-86H2,1-5H3,(H,100,101)(H,102,103)/t88-,89+,90+/m0/s1. The fourth-order valence-corrected chi connectivity index (χ4v) is 16.5. The van der Waals surface area contributed by atoms with E-state index in [9.17, 15) is 43.2 Å². The zero-order valence-corrected chi connectivity index (χ0v) is 76.3. The van der Waals surface area contributed by atoms with Gasteiger partial charge in [0.15, 0.2) is 12.2 Å². The van der Waals surface area contributed by atoms with Crippen molar-refractivity contribution in [2.45, 2.75) is 534 Å². The lowest BCUT2D eigenvalue weighted by molar-refractivity contribution is -0.161. The molecule has 0 radical (unpaired) electrons. The number of aliphatic hydroxyl groups excluding tert-OH is 1. The van der Waals surface area contributed by atoms with Crippen LogP contribution in [0.4, 0.5) is 0 Å². The van der Waals surface area contributed by atoms with Crippen LogP contribution in [0.1, 0.15) is 516 Å². The monoisotopic (exact) mass is 1650 g/mol. The number of carbonyl (C=O) groups excluding carboxylic acids is 4. The van der Waals surface area contributed by atoms with E-state index in [1.54, 1.807) is 0 Å². The number of hydrogen-bond acceptors (Lipinski definition) is 15. The lowest BCUT2D eigenvalue weighted by atomic mass is 10.0. The molecule has 0 fully saturated rings. The van der Waals surface area contributed by atoms with Crippen LogP contribution in [0.5, 0.6) is 0 Å². The second-order valence-electron chi connectivity index (χ2n) is 34.2. The zero-order chi connectivity index (χ0) is 82.6. The number of rotatable bonds is 94. The number of hydrogen-bond donors (Lipinski definition) is 3. The molecule has 0 amide bonds. The second kappa shape index (κ2) is 86.4. The van der Waals surface area contributed by atoms with Gasteiger partial charge < -0.3 is 33.8 Å². The van der Waals surface area contributed by atoms with Gasteiger partial charge in [0.25, 0.3) is 0 Å². The lowest BCUT2D eigenvalue weighted by Crippen LogP contribution is -2.30. The SMILES string of the molecule is CCCCCCCCCCCCCCCCCCCCCCCCC(=O)OC[C@H](COP(=O)(O)OC[C@@H](O)COP(=O)(O)OC[C@@H](COC(=O)CCCCCCCCCCCC)OC(=O)CCCCCCCCCCCCCCCCCCC(C)C)OC(=O)CCCCCCCCCCCCCCCCCCCCCCCC. The highest BCUT2D eigenvalue weighted by atomic mass is 31.2. The number of unbranched alkanes of at least 4 members (excludes halogenated alkanes) is 66. The summed E-state index contributed by atoms with van der Waals surface area (Å²) in [4.78, 5) is 73.5. The third-order valence-electron chi connectivity index (χ3n) is 22.3. The molecule has 17 nitrogen and oxygen atoms in total. The highest BCUT2D eigenvalue weighted by Gasteiger charge is 2.31. The minimum absolute atomic E-state index is 0.109. The molecule has 0 rings (SSSR count). The number of phosphoric ester groups is 2. The summed E-state index contributed by atoms with van der Waals surface area (Å²) in [6, 6.07) is 0. The van der Waals surface area contributed by atoms with Gasteiger partial charge in [0.1, 0.15) is 19.3 Å². The van der Waals surface area contributed by atoms with Crippen LogP contribution in [0.25, 0.3) is 0 Å². The van der Waals surface area contributed by atoms with Crippen LogP contribution in [0, 0.1) is 5.92 Å². The van der Waals surface area contributed by atoms with E-state index >= 15 is 0 Å². The van der Waals surface area contributed by atoms with Gasteiger partial charge in [0.05, 0.1) is 26.4 Å². The Balaban J connectivity index is 5.20. The van der Waals surface area contributed by atoms with E-state index in [4.69, 9.17) is 37.0 Å². The van der Waals surface area contributed by atoms with Crippen LogP contribution in [0.3, 0.4) is 0 Å². The largest absolute Gasteiger partial charge is 0.472 e. The molecule has 0 aromatic heterocycles. The minimum Gasteiger partial charge on any atom is -0.462 e. The van der Waals surface area contributed by atoms with Crippen LogP contribution >= 0.6 is 15.6 Å². The van der Waals surface area contributed by atoms with Crippen molar-refractivity contribution in [1.29, 1.82) is 0 Å². The molecule has 113 heavy (non-hydrogen) atoms. The number of carbonyl (C=O) groups is 4. The smallest absolute Gasteiger partial charge is 0.462 e. The van der Waals surface area contributed by atoms with Crippen LogP contribution < -0.4 is 0 Å². The number of esters is 4. The Bertz CT molecular complexity index is 2140. The van der Waals surface area contributed by atoms with Crippen molar-refractivity contribution in [3.63, 3.8) is 0 Å². The summed E-state index contributed by atoms with van der Waals surface area (Å²) in [5.41, 5.74) is 0. The molecule has 0 saturated heterocycles. The van der Waals surface area contributed by atoms with Crippen LogP contribution in [-0.2, 0) is 65.4 Å². The molecule has 0 aromatic carbocycles. The van der Waals surface area contributed by atoms with Crippen molar-refractivity contribution in [3.8, 4) is 0 Å². The first-order chi connectivity index (χ1) is 55.0. The van der Waals surface area contributed by atoms with Gasteiger partial charge >= 0.3 is 39.5 Å². The molecule has 0 aliphatic carbocycles. The summed E-state index contributed by atoms with van der Waals surface area (Å²) in [5, 5.41) is 10.7. The molecule has 0 spiro atoms. The molecule has 672 valence electrons. The fourth-order valence-electron chi connectivity index (χ4n) is 14.9. The van der Waals surface area contributed by atoms with Crippen molar-refractivity contribution >= 4 is 39.5 Å². The Morgan fingerprint density at radius 2 is 0.407 bits per heavy atom. The van der Waals surface area contributed by atoms with Gasteiger partial charge in [-0.1, -0.05) is 465 Å². The van der Waals surface area contributed by atoms with E-state index in [-0.39, 0.29) is 25.7 Å². The Kier molecular flexibility index (Phi) is 85.0. The van der Waals surface area contributed by atoms with Crippen molar-refractivity contribution in [2.75, 3.05) is 39.6 Å².